The molecule has 1 aliphatic rings. The zero-order valence-corrected chi connectivity index (χ0v) is 17.2. The van der Waals surface area contributed by atoms with E-state index in [4.69, 9.17) is 0 Å². The lowest BCUT2D eigenvalue weighted by molar-refractivity contribution is -0.117. The fraction of sp³-hybridized carbons (Fsp3) is 0.400. The van der Waals surface area contributed by atoms with Gasteiger partial charge in [0.05, 0.1) is 11.7 Å². The van der Waals surface area contributed by atoms with Crippen molar-refractivity contribution >= 4 is 35.0 Å². The first-order valence-corrected chi connectivity index (χ1v) is 10.1. The molecule has 2 heterocycles. The van der Waals surface area contributed by atoms with Crippen molar-refractivity contribution < 1.29 is 9.59 Å². The van der Waals surface area contributed by atoms with Crippen LogP contribution in [-0.4, -0.2) is 27.1 Å². The van der Waals surface area contributed by atoms with E-state index in [1.807, 2.05) is 20.8 Å². The Kier molecular flexibility index (Phi) is 5.60. The summed E-state index contributed by atoms with van der Waals surface area (Å²) in [4.78, 5) is 40.7. The number of carbonyl (C=O) groups is 2. The molecule has 148 valence electrons. The van der Waals surface area contributed by atoms with Crippen LogP contribution in [0.1, 0.15) is 45.9 Å². The van der Waals surface area contributed by atoms with Crippen LogP contribution in [0.3, 0.4) is 0 Å². The van der Waals surface area contributed by atoms with Gasteiger partial charge in [0, 0.05) is 42.0 Å². The van der Waals surface area contributed by atoms with Gasteiger partial charge in [-0.25, -0.2) is 4.98 Å². The van der Waals surface area contributed by atoms with Gasteiger partial charge < -0.3 is 10.6 Å². The molecule has 0 radical (unpaired) electrons. The lowest BCUT2D eigenvalue weighted by atomic mass is 9.92. The summed E-state index contributed by atoms with van der Waals surface area (Å²) in [6, 6.07) is 8.25. The van der Waals surface area contributed by atoms with Gasteiger partial charge in [-0.3, -0.25) is 19.0 Å². The van der Waals surface area contributed by atoms with Crippen LogP contribution in [0.25, 0.3) is 0 Å². The van der Waals surface area contributed by atoms with E-state index in [-0.39, 0.29) is 35.3 Å². The van der Waals surface area contributed by atoms with E-state index in [0.29, 0.717) is 22.3 Å². The van der Waals surface area contributed by atoms with Crippen LogP contribution in [0, 0.1) is 0 Å². The molecule has 2 aromatic rings. The van der Waals surface area contributed by atoms with E-state index in [1.165, 1.54) is 18.7 Å². The summed E-state index contributed by atoms with van der Waals surface area (Å²) in [6.07, 6.45) is 0.198. The number of fused-ring (bicyclic) bond motifs is 1. The van der Waals surface area contributed by atoms with Crippen LogP contribution in [0.5, 0.6) is 0 Å². The largest absolute Gasteiger partial charge is 0.326 e. The Morgan fingerprint density at radius 1 is 1.18 bits per heavy atom. The standard InChI is InChI=1S/C20H24N4O3S/c1-12(25)21-13-5-7-14(8-6-13)22-17(26)9-15-11-28-19-23-16(20(2,3)4)10-18(27)24(15)19/h5-8,10,15H,9,11H2,1-4H3,(H,21,25)(H,22,26). The topological polar surface area (TPSA) is 93.1 Å². The van der Waals surface area contributed by atoms with Crippen molar-refractivity contribution in [3.05, 3.63) is 46.4 Å². The number of hydrogen-bond acceptors (Lipinski definition) is 5. The molecule has 7 nitrogen and oxygen atoms in total. The average molecular weight is 401 g/mol. The maximum atomic E-state index is 12.6. The smallest absolute Gasteiger partial charge is 0.254 e. The normalized spacial score (nSPS) is 15.8. The first-order chi connectivity index (χ1) is 13.1. The molecule has 2 N–H and O–H groups in total. The minimum absolute atomic E-state index is 0.114. The number of hydrogen-bond donors (Lipinski definition) is 2. The van der Waals surface area contributed by atoms with E-state index in [9.17, 15) is 14.4 Å². The molecule has 0 saturated heterocycles. The Labute approximate surface area is 167 Å². The second-order valence-electron chi connectivity index (χ2n) is 7.86. The second kappa shape index (κ2) is 7.79. The molecule has 2 amide bonds. The lowest BCUT2D eigenvalue weighted by Gasteiger charge is -2.19. The molecule has 1 aliphatic heterocycles. The van der Waals surface area contributed by atoms with E-state index in [1.54, 1.807) is 34.9 Å². The molecule has 0 aliphatic carbocycles. The number of aromatic nitrogens is 2. The zero-order chi connectivity index (χ0) is 20.5. The summed E-state index contributed by atoms with van der Waals surface area (Å²) in [5, 5.41) is 6.19. The maximum absolute atomic E-state index is 12.6. The quantitative estimate of drug-likeness (QED) is 0.769. The van der Waals surface area contributed by atoms with E-state index in [0.717, 1.165) is 5.69 Å². The Morgan fingerprint density at radius 3 is 2.36 bits per heavy atom. The number of thioether (sulfide) groups is 1. The SMILES string of the molecule is CC(=O)Nc1ccc(NC(=O)CC2CSc3nc(C(C)(C)C)cc(=O)n32)cc1. The lowest BCUT2D eigenvalue weighted by Crippen LogP contribution is -2.29. The first-order valence-electron chi connectivity index (χ1n) is 9.08. The minimum atomic E-state index is -0.215. The van der Waals surface area contributed by atoms with E-state index in [2.05, 4.69) is 15.6 Å². The van der Waals surface area contributed by atoms with Crippen molar-refractivity contribution in [3.63, 3.8) is 0 Å². The molecule has 1 atom stereocenters. The third-order valence-corrected chi connectivity index (χ3v) is 5.47. The van der Waals surface area contributed by atoms with Gasteiger partial charge in [0.2, 0.25) is 11.8 Å². The molecule has 1 unspecified atom stereocenters. The first kappa shape index (κ1) is 20.1. The highest BCUT2D eigenvalue weighted by Gasteiger charge is 2.29. The number of carbonyl (C=O) groups excluding carboxylic acids is 2. The molecule has 3 rings (SSSR count). The number of anilines is 2. The van der Waals surface area contributed by atoms with Crippen molar-refractivity contribution in [1.29, 1.82) is 0 Å². The van der Waals surface area contributed by atoms with Crippen LogP contribution in [-0.2, 0) is 15.0 Å². The van der Waals surface area contributed by atoms with Crippen molar-refractivity contribution in [2.75, 3.05) is 16.4 Å². The van der Waals surface area contributed by atoms with Crippen molar-refractivity contribution in [2.45, 2.75) is 50.7 Å². The number of rotatable bonds is 4. The number of amides is 2. The molecule has 0 spiro atoms. The monoisotopic (exact) mass is 400 g/mol. The molecule has 1 aromatic heterocycles. The summed E-state index contributed by atoms with van der Waals surface area (Å²) < 4.78 is 1.62. The van der Waals surface area contributed by atoms with Gasteiger partial charge in [-0.2, -0.15) is 0 Å². The van der Waals surface area contributed by atoms with Crippen LogP contribution in [0.2, 0.25) is 0 Å². The second-order valence-corrected chi connectivity index (χ2v) is 8.85. The van der Waals surface area contributed by atoms with Gasteiger partial charge >= 0.3 is 0 Å². The van der Waals surface area contributed by atoms with Gasteiger partial charge in [-0.05, 0) is 24.3 Å². The molecular weight excluding hydrogens is 376 g/mol. The molecule has 1 aromatic carbocycles. The average Bonchev–Trinajstić information content (AvgIpc) is 2.98. The van der Waals surface area contributed by atoms with Gasteiger partial charge in [0.25, 0.3) is 5.56 Å². The van der Waals surface area contributed by atoms with Gasteiger partial charge in [0.15, 0.2) is 5.16 Å². The van der Waals surface area contributed by atoms with Crippen molar-refractivity contribution in [1.82, 2.24) is 9.55 Å². The van der Waals surface area contributed by atoms with Crippen LogP contribution in [0.4, 0.5) is 11.4 Å². The fourth-order valence-electron chi connectivity index (χ4n) is 2.95. The van der Waals surface area contributed by atoms with Gasteiger partial charge in [-0.15, -0.1) is 0 Å². The summed E-state index contributed by atoms with van der Waals surface area (Å²) >= 11 is 1.51. The molecule has 0 bridgehead atoms. The predicted octanol–water partition coefficient (Wildman–Crippen LogP) is 3.17. The van der Waals surface area contributed by atoms with Gasteiger partial charge in [0.1, 0.15) is 0 Å². The summed E-state index contributed by atoms with van der Waals surface area (Å²) in [6.45, 7) is 7.50. The molecular formula is C20H24N4O3S. The zero-order valence-electron chi connectivity index (χ0n) is 16.4. The highest BCUT2D eigenvalue weighted by molar-refractivity contribution is 7.99. The van der Waals surface area contributed by atoms with Gasteiger partial charge in [-0.1, -0.05) is 32.5 Å². The predicted molar refractivity (Wildman–Crippen MR) is 111 cm³/mol. The summed E-state index contributed by atoms with van der Waals surface area (Å²) in [5.74, 6) is 0.324. The van der Waals surface area contributed by atoms with Crippen LogP contribution >= 0.6 is 11.8 Å². The number of nitrogens with zero attached hydrogens (tertiary/aromatic N) is 2. The van der Waals surface area contributed by atoms with Crippen molar-refractivity contribution in [2.24, 2.45) is 0 Å². The molecule has 28 heavy (non-hydrogen) atoms. The Bertz CT molecular complexity index is 961. The molecule has 0 saturated carbocycles. The van der Waals surface area contributed by atoms with E-state index >= 15 is 0 Å². The summed E-state index contributed by atoms with van der Waals surface area (Å²) in [5.41, 5.74) is 1.75. The third-order valence-electron chi connectivity index (χ3n) is 4.37. The molecule has 0 fully saturated rings. The van der Waals surface area contributed by atoms with Crippen LogP contribution in [0.15, 0.2) is 40.3 Å². The fourth-order valence-corrected chi connectivity index (χ4v) is 4.10. The Morgan fingerprint density at radius 2 is 1.79 bits per heavy atom. The number of benzene rings is 1. The van der Waals surface area contributed by atoms with Crippen molar-refractivity contribution in [3.8, 4) is 0 Å². The number of nitrogens with one attached hydrogen (secondary N) is 2. The Balaban J connectivity index is 1.68. The molecule has 8 heteroatoms. The highest BCUT2D eigenvalue weighted by atomic mass is 32.2. The highest BCUT2D eigenvalue weighted by Crippen LogP contribution is 2.33. The third kappa shape index (κ3) is 4.62. The maximum Gasteiger partial charge on any atom is 0.254 e. The van der Waals surface area contributed by atoms with E-state index < -0.39 is 0 Å². The minimum Gasteiger partial charge on any atom is -0.326 e. The summed E-state index contributed by atoms with van der Waals surface area (Å²) in [7, 11) is 0. The Hall–Kier alpha value is -2.61. The van der Waals surface area contributed by atoms with Crippen LogP contribution < -0.4 is 16.2 Å².